The molecule has 9 nitrogen and oxygen atoms in total. The number of carbonyl (C=O) groups is 1. The molecule has 10 heteroatoms. The van der Waals surface area contributed by atoms with Gasteiger partial charge in [-0.05, 0) is 55.2 Å². The number of H-pyrrole nitrogens is 2. The van der Waals surface area contributed by atoms with Crippen LogP contribution in [0.4, 0.5) is 10.1 Å². The monoisotopic (exact) mass is 504 g/mol. The number of aromatic amines is 2. The third-order valence-electron chi connectivity index (χ3n) is 6.67. The first-order valence-corrected chi connectivity index (χ1v) is 12.2. The summed E-state index contributed by atoms with van der Waals surface area (Å²) in [6, 6.07) is 8.65. The van der Waals surface area contributed by atoms with Crippen LogP contribution >= 0.6 is 0 Å². The van der Waals surface area contributed by atoms with Crippen LogP contribution in [0.2, 0.25) is 0 Å². The molecule has 0 radical (unpaired) electrons. The Kier molecular flexibility index (Phi) is 5.00. The lowest BCUT2D eigenvalue weighted by atomic mass is 10.0. The van der Waals surface area contributed by atoms with Gasteiger partial charge in [-0.15, -0.1) is 0 Å². The van der Waals surface area contributed by atoms with E-state index < -0.39 is 0 Å². The van der Waals surface area contributed by atoms with Gasteiger partial charge in [0.2, 0.25) is 5.91 Å². The van der Waals surface area contributed by atoms with Crippen LogP contribution in [0.25, 0.3) is 55.8 Å². The van der Waals surface area contributed by atoms with Crippen molar-refractivity contribution in [3.63, 3.8) is 0 Å². The second-order valence-corrected chi connectivity index (χ2v) is 9.60. The molecule has 1 aromatic carbocycles. The molecule has 1 fully saturated rings. The molecule has 0 spiro atoms. The average Bonchev–Trinajstić information content (AvgIpc) is 3.54. The Morgan fingerprint density at radius 1 is 0.974 bits per heavy atom. The molecule has 1 amide bonds. The molecule has 0 atom stereocenters. The topological polar surface area (TPSA) is 125 Å². The Morgan fingerprint density at radius 2 is 1.84 bits per heavy atom. The fourth-order valence-electron chi connectivity index (χ4n) is 4.64. The zero-order chi connectivity index (χ0) is 25.8. The minimum atomic E-state index is -0.309. The molecule has 38 heavy (non-hydrogen) atoms. The number of aryl methyl sites for hydroxylation is 1. The zero-order valence-corrected chi connectivity index (χ0v) is 20.3. The molecule has 1 aliphatic rings. The van der Waals surface area contributed by atoms with Crippen molar-refractivity contribution in [2.75, 3.05) is 5.32 Å². The summed E-state index contributed by atoms with van der Waals surface area (Å²) >= 11 is 0. The Bertz CT molecular complexity index is 1850. The van der Waals surface area contributed by atoms with Crippen LogP contribution in [0, 0.1) is 18.7 Å². The van der Waals surface area contributed by atoms with Crippen molar-refractivity contribution < 1.29 is 9.18 Å². The van der Waals surface area contributed by atoms with E-state index in [0.717, 1.165) is 40.4 Å². The van der Waals surface area contributed by atoms with Crippen LogP contribution < -0.4 is 5.32 Å². The van der Waals surface area contributed by atoms with E-state index in [0.29, 0.717) is 39.5 Å². The number of pyridine rings is 3. The molecule has 0 unspecified atom stereocenters. The lowest BCUT2D eigenvalue weighted by Crippen LogP contribution is -2.13. The van der Waals surface area contributed by atoms with Crippen molar-refractivity contribution in [1.29, 1.82) is 0 Å². The average molecular weight is 505 g/mol. The summed E-state index contributed by atoms with van der Waals surface area (Å²) in [4.78, 5) is 33.5. The highest BCUT2D eigenvalue weighted by Gasteiger charge is 2.29. The smallest absolute Gasteiger partial charge is 0.227 e. The molecule has 3 N–H and O–H groups in total. The Morgan fingerprint density at radius 3 is 2.68 bits per heavy atom. The largest absolute Gasteiger partial charge is 0.335 e. The van der Waals surface area contributed by atoms with Crippen LogP contribution in [-0.4, -0.2) is 41.0 Å². The number of carbonyl (C=O) groups excluding carboxylic acids is 1. The van der Waals surface area contributed by atoms with Gasteiger partial charge in [0, 0.05) is 34.8 Å². The SMILES string of the molecule is Cc1cc(F)cc(-c2cncc3[nH]c(-c4n[nH]c5cnc(-c6cncc(NC(=O)C7CC7)c6)cc45)nc23)c1. The van der Waals surface area contributed by atoms with Crippen molar-refractivity contribution in [2.45, 2.75) is 19.8 Å². The van der Waals surface area contributed by atoms with Gasteiger partial charge in [-0.2, -0.15) is 5.10 Å². The molecule has 6 aromatic rings. The number of hydrogen-bond donors (Lipinski definition) is 3. The number of aromatic nitrogens is 7. The van der Waals surface area contributed by atoms with Crippen LogP contribution in [0.3, 0.4) is 0 Å². The Hall–Kier alpha value is -4.99. The molecule has 0 saturated heterocycles. The highest BCUT2D eigenvalue weighted by molar-refractivity contribution is 5.98. The van der Waals surface area contributed by atoms with E-state index in [9.17, 15) is 9.18 Å². The summed E-state index contributed by atoms with van der Waals surface area (Å²) in [6.45, 7) is 1.85. The fourth-order valence-corrected chi connectivity index (χ4v) is 4.64. The number of benzene rings is 1. The van der Waals surface area contributed by atoms with E-state index in [1.54, 1.807) is 31.0 Å². The Balaban J connectivity index is 1.29. The van der Waals surface area contributed by atoms with Gasteiger partial charge in [-0.25, -0.2) is 9.37 Å². The summed E-state index contributed by atoms with van der Waals surface area (Å²) in [6.07, 6.45) is 10.3. The maximum atomic E-state index is 14.1. The standard InChI is InChI=1S/C28H21FN8O/c1-14-4-16(6-18(29)5-14)21-11-31-12-24-25(21)35-27(34-24)26-20-8-22(32-13-23(20)36-37-26)17-7-19(10-30-9-17)33-28(38)15-2-3-15/h4-13,15H,2-3H2,1H3,(H,33,38)(H,34,35)(H,36,37). The normalized spacial score (nSPS) is 13.3. The summed E-state index contributed by atoms with van der Waals surface area (Å²) in [5, 5.41) is 11.3. The molecule has 0 aliphatic heterocycles. The minimum absolute atomic E-state index is 0.0247. The first kappa shape index (κ1) is 22.2. The van der Waals surface area contributed by atoms with Gasteiger partial charge in [0.25, 0.3) is 0 Å². The highest BCUT2D eigenvalue weighted by atomic mass is 19.1. The number of imidazole rings is 1. The fraction of sp³-hybridized carbons (Fsp3) is 0.143. The van der Waals surface area contributed by atoms with Gasteiger partial charge in [0.15, 0.2) is 5.82 Å². The van der Waals surface area contributed by atoms with Crippen molar-refractivity contribution in [2.24, 2.45) is 5.92 Å². The first-order chi connectivity index (χ1) is 18.5. The van der Waals surface area contributed by atoms with Crippen molar-refractivity contribution in [3.05, 3.63) is 72.7 Å². The summed E-state index contributed by atoms with van der Waals surface area (Å²) < 4.78 is 14.1. The van der Waals surface area contributed by atoms with Gasteiger partial charge in [0.1, 0.15) is 11.5 Å². The van der Waals surface area contributed by atoms with Gasteiger partial charge >= 0.3 is 0 Å². The van der Waals surface area contributed by atoms with Gasteiger partial charge < -0.3 is 10.3 Å². The molecule has 1 aliphatic carbocycles. The van der Waals surface area contributed by atoms with E-state index in [1.807, 2.05) is 25.1 Å². The van der Waals surface area contributed by atoms with Crippen LogP contribution in [0.1, 0.15) is 18.4 Å². The number of amides is 1. The number of nitrogens with one attached hydrogen (secondary N) is 3. The highest BCUT2D eigenvalue weighted by Crippen LogP contribution is 2.33. The Labute approximate surface area is 215 Å². The molecule has 7 rings (SSSR count). The molecule has 1 saturated carbocycles. The maximum absolute atomic E-state index is 14.1. The summed E-state index contributed by atoms with van der Waals surface area (Å²) in [7, 11) is 0. The summed E-state index contributed by atoms with van der Waals surface area (Å²) in [5.41, 5.74) is 7.09. The van der Waals surface area contributed by atoms with Crippen molar-refractivity contribution in [3.8, 4) is 33.9 Å². The quantitative estimate of drug-likeness (QED) is 0.288. The van der Waals surface area contributed by atoms with E-state index in [4.69, 9.17) is 4.98 Å². The second kappa shape index (κ2) is 8.55. The number of hydrogen-bond acceptors (Lipinski definition) is 6. The van der Waals surface area contributed by atoms with Gasteiger partial charge in [-0.3, -0.25) is 24.8 Å². The third-order valence-corrected chi connectivity index (χ3v) is 6.67. The lowest BCUT2D eigenvalue weighted by molar-refractivity contribution is -0.117. The molecular formula is C28H21FN8O. The van der Waals surface area contributed by atoms with Gasteiger partial charge in [-0.1, -0.05) is 6.07 Å². The van der Waals surface area contributed by atoms with Crippen molar-refractivity contribution >= 4 is 33.5 Å². The third kappa shape index (κ3) is 3.96. The summed E-state index contributed by atoms with van der Waals surface area (Å²) in [5.74, 6) is 0.369. The van der Waals surface area contributed by atoms with Crippen LogP contribution in [-0.2, 0) is 4.79 Å². The molecule has 186 valence electrons. The number of nitrogens with zero attached hydrogens (tertiary/aromatic N) is 5. The van der Waals surface area contributed by atoms with E-state index in [-0.39, 0.29) is 17.6 Å². The molecule has 5 heterocycles. The minimum Gasteiger partial charge on any atom is -0.335 e. The van der Waals surface area contributed by atoms with Crippen LogP contribution in [0.5, 0.6) is 0 Å². The molecule has 0 bridgehead atoms. The zero-order valence-electron chi connectivity index (χ0n) is 20.3. The molecule has 5 aromatic heterocycles. The number of rotatable bonds is 5. The number of anilines is 1. The second-order valence-electron chi connectivity index (χ2n) is 9.60. The van der Waals surface area contributed by atoms with Crippen molar-refractivity contribution in [1.82, 2.24) is 35.1 Å². The van der Waals surface area contributed by atoms with Crippen LogP contribution in [0.15, 0.2) is 61.3 Å². The lowest BCUT2D eigenvalue weighted by Gasteiger charge is -2.06. The van der Waals surface area contributed by atoms with E-state index >= 15 is 0 Å². The first-order valence-electron chi connectivity index (χ1n) is 12.2. The van der Waals surface area contributed by atoms with Gasteiger partial charge in [0.05, 0.1) is 46.5 Å². The maximum Gasteiger partial charge on any atom is 0.227 e. The number of fused-ring (bicyclic) bond motifs is 2. The van der Waals surface area contributed by atoms with E-state index in [1.165, 1.54) is 12.1 Å². The predicted octanol–water partition coefficient (Wildman–Crippen LogP) is 5.42. The molecular weight excluding hydrogens is 483 g/mol. The number of halogens is 1. The van der Waals surface area contributed by atoms with E-state index in [2.05, 4.69) is 35.5 Å². The predicted molar refractivity (Wildman–Crippen MR) is 141 cm³/mol.